The Bertz CT molecular complexity index is 93.8. The molecule has 0 aromatic rings. The summed E-state index contributed by atoms with van der Waals surface area (Å²) < 4.78 is 0. The first-order valence-electron chi connectivity index (χ1n) is 5.16. The van der Waals surface area contributed by atoms with Gasteiger partial charge in [-0.2, -0.15) is 0 Å². The summed E-state index contributed by atoms with van der Waals surface area (Å²) in [6, 6.07) is 0. The second kappa shape index (κ2) is 7.56. The third-order valence-corrected chi connectivity index (χ3v) is 2.22. The third-order valence-electron chi connectivity index (χ3n) is 2.22. The summed E-state index contributed by atoms with van der Waals surface area (Å²) in [5.74, 6) is 0.751. The molecule has 2 N–H and O–H groups in total. The fraction of sp³-hybridized carbons (Fsp3) is 1.00. The molecular formula is C10H24N2. The third kappa shape index (κ3) is 5.56. The van der Waals surface area contributed by atoms with E-state index >= 15 is 0 Å². The van der Waals surface area contributed by atoms with E-state index in [0.717, 1.165) is 18.9 Å². The summed E-state index contributed by atoms with van der Waals surface area (Å²) in [6.07, 6.45) is 2.41. The second-order valence-corrected chi connectivity index (χ2v) is 3.58. The molecule has 2 nitrogen and oxygen atoms in total. The minimum absolute atomic E-state index is 0.751. The Morgan fingerprint density at radius 1 is 1.33 bits per heavy atom. The van der Waals surface area contributed by atoms with Crippen LogP contribution in [0.2, 0.25) is 0 Å². The van der Waals surface area contributed by atoms with Gasteiger partial charge in [-0.1, -0.05) is 20.8 Å². The topological polar surface area (TPSA) is 29.3 Å². The average Bonchev–Trinajstić information content (AvgIpc) is 2.04. The first-order chi connectivity index (χ1) is 5.74. The molecule has 0 radical (unpaired) electrons. The zero-order valence-corrected chi connectivity index (χ0v) is 8.84. The van der Waals surface area contributed by atoms with Crippen LogP contribution in [0.4, 0.5) is 0 Å². The molecule has 0 heterocycles. The Hall–Kier alpha value is -0.0800. The molecule has 0 saturated carbocycles. The highest BCUT2D eigenvalue weighted by Crippen LogP contribution is 2.03. The van der Waals surface area contributed by atoms with Crippen LogP contribution in [0.15, 0.2) is 0 Å². The summed E-state index contributed by atoms with van der Waals surface area (Å²) in [6.45, 7) is 11.2. The Morgan fingerprint density at radius 2 is 2.00 bits per heavy atom. The smallest absolute Gasteiger partial charge is 0.000737 e. The van der Waals surface area contributed by atoms with Gasteiger partial charge in [-0.25, -0.2) is 0 Å². The van der Waals surface area contributed by atoms with Crippen molar-refractivity contribution in [1.82, 2.24) is 4.90 Å². The molecule has 1 atom stereocenters. The lowest BCUT2D eigenvalue weighted by molar-refractivity contribution is 0.244. The SMILES string of the molecule is CCCN(CC)C[C@@H](C)CCN. The lowest BCUT2D eigenvalue weighted by atomic mass is 10.1. The van der Waals surface area contributed by atoms with Crippen LogP contribution in [0.1, 0.15) is 33.6 Å². The normalized spacial score (nSPS) is 13.8. The summed E-state index contributed by atoms with van der Waals surface area (Å²) in [5.41, 5.74) is 5.50. The quantitative estimate of drug-likeness (QED) is 0.633. The fourth-order valence-corrected chi connectivity index (χ4v) is 1.51. The van der Waals surface area contributed by atoms with E-state index in [4.69, 9.17) is 5.73 Å². The standard InChI is InChI=1S/C10H24N2/c1-4-8-12(5-2)9-10(3)6-7-11/h10H,4-9,11H2,1-3H3/t10-/m0/s1. The number of nitrogens with zero attached hydrogens (tertiary/aromatic N) is 1. The van der Waals surface area contributed by atoms with E-state index in [1.54, 1.807) is 0 Å². The van der Waals surface area contributed by atoms with Crippen molar-refractivity contribution in [2.24, 2.45) is 11.7 Å². The number of hydrogen-bond donors (Lipinski definition) is 1. The van der Waals surface area contributed by atoms with Crippen molar-refractivity contribution in [2.75, 3.05) is 26.2 Å². The van der Waals surface area contributed by atoms with Gasteiger partial charge in [-0.05, 0) is 38.4 Å². The first kappa shape index (κ1) is 11.9. The highest BCUT2D eigenvalue weighted by Gasteiger charge is 2.06. The molecule has 0 bridgehead atoms. The molecule has 2 heteroatoms. The molecule has 12 heavy (non-hydrogen) atoms. The van der Waals surface area contributed by atoms with Crippen molar-refractivity contribution in [3.63, 3.8) is 0 Å². The summed E-state index contributed by atoms with van der Waals surface area (Å²) >= 11 is 0. The lowest BCUT2D eigenvalue weighted by Gasteiger charge is -2.23. The Labute approximate surface area is 77.1 Å². The molecule has 0 aliphatic heterocycles. The summed E-state index contributed by atoms with van der Waals surface area (Å²) in [7, 11) is 0. The van der Waals surface area contributed by atoms with Crippen LogP contribution in [0, 0.1) is 5.92 Å². The Morgan fingerprint density at radius 3 is 2.42 bits per heavy atom. The molecule has 0 spiro atoms. The van der Waals surface area contributed by atoms with Crippen LogP contribution in [0.3, 0.4) is 0 Å². The van der Waals surface area contributed by atoms with Gasteiger partial charge in [0.2, 0.25) is 0 Å². The maximum Gasteiger partial charge on any atom is 0.000737 e. The lowest BCUT2D eigenvalue weighted by Crippen LogP contribution is -2.30. The highest BCUT2D eigenvalue weighted by molar-refractivity contribution is 4.61. The zero-order chi connectivity index (χ0) is 9.40. The van der Waals surface area contributed by atoms with Crippen molar-refractivity contribution in [1.29, 1.82) is 0 Å². The molecule has 0 fully saturated rings. The minimum atomic E-state index is 0.751. The number of rotatable bonds is 7. The summed E-state index contributed by atoms with van der Waals surface area (Å²) in [5, 5.41) is 0. The Balaban J connectivity index is 3.53. The second-order valence-electron chi connectivity index (χ2n) is 3.58. The largest absolute Gasteiger partial charge is 0.330 e. The van der Waals surface area contributed by atoms with E-state index in [2.05, 4.69) is 25.7 Å². The van der Waals surface area contributed by atoms with Gasteiger partial charge in [-0.3, -0.25) is 0 Å². The van der Waals surface area contributed by atoms with E-state index in [-0.39, 0.29) is 0 Å². The fourth-order valence-electron chi connectivity index (χ4n) is 1.51. The monoisotopic (exact) mass is 172 g/mol. The van der Waals surface area contributed by atoms with Crippen LogP contribution < -0.4 is 5.73 Å². The highest BCUT2D eigenvalue weighted by atomic mass is 15.1. The molecule has 0 rings (SSSR count). The van der Waals surface area contributed by atoms with E-state index in [9.17, 15) is 0 Å². The van der Waals surface area contributed by atoms with Crippen LogP contribution in [-0.2, 0) is 0 Å². The predicted molar refractivity (Wildman–Crippen MR) is 55.2 cm³/mol. The van der Waals surface area contributed by atoms with Crippen LogP contribution in [0.25, 0.3) is 0 Å². The first-order valence-corrected chi connectivity index (χ1v) is 5.16. The molecule has 0 saturated heterocycles. The van der Waals surface area contributed by atoms with E-state index in [1.807, 2.05) is 0 Å². The molecule has 74 valence electrons. The van der Waals surface area contributed by atoms with Gasteiger partial charge in [0, 0.05) is 6.54 Å². The molecule has 0 aliphatic rings. The van der Waals surface area contributed by atoms with Crippen molar-refractivity contribution in [2.45, 2.75) is 33.6 Å². The Kier molecular flexibility index (Phi) is 7.51. The van der Waals surface area contributed by atoms with Gasteiger partial charge in [0.1, 0.15) is 0 Å². The van der Waals surface area contributed by atoms with Crippen molar-refractivity contribution in [3.05, 3.63) is 0 Å². The van der Waals surface area contributed by atoms with Gasteiger partial charge in [-0.15, -0.1) is 0 Å². The van der Waals surface area contributed by atoms with Crippen LogP contribution >= 0.6 is 0 Å². The van der Waals surface area contributed by atoms with Gasteiger partial charge >= 0.3 is 0 Å². The number of nitrogens with two attached hydrogens (primary N) is 1. The molecule has 0 amide bonds. The number of hydrogen-bond acceptors (Lipinski definition) is 2. The van der Waals surface area contributed by atoms with E-state index in [0.29, 0.717) is 0 Å². The van der Waals surface area contributed by atoms with Crippen molar-refractivity contribution in [3.8, 4) is 0 Å². The van der Waals surface area contributed by atoms with Crippen molar-refractivity contribution >= 4 is 0 Å². The maximum absolute atomic E-state index is 5.50. The predicted octanol–water partition coefficient (Wildman–Crippen LogP) is 1.70. The molecular weight excluding hydrogens is 148 g/mol. The average molecular weight is 172 g/mol. The van der Waals surface area contributed by atoms with Gasteiger partial charge in [0.15, 0.2) is 0 Å². The van der Waals surface area contributed by atoms with Crippen LogP contribution in [0.5, 0.6) is 0 Å². The van der Waals surface area contributed by atoms with Gasteiger partial charge in [0.25, 0.3) is 0 Å². The van der Waals surface area contributed by atoms with Crippen LogP contribution in [-0.4, -0.2) is 31.1 Å². The van der Waals surface area contributed by atoms with E-state index in [1.165, 1.54) is 26.1 Å². The van der Waals surface area contributed by atoms with Crippen molar-refractivity contribution < 1.29 is 0 Å². The van der Waals surface area contributed by atoms with Gasteiger partial charge in [0.05, 0.1) is 0 Å². The zero-order valence-electron chi connectivity index (χ0n) is 8.84. The molecule has 0 aliphatic carbocycles. The molecule has 0 unspecified atom stereocenters. The summed E-state index contributed by atoms with van der Waals surface area (Å²) in [4.78, 5) is 2.50. The minimum Gasteiger partial charge on any atom is -0.330 e. The van der Waals surface area contributed by atoms with E-state index < -0.39 is 0 Å². The molecule has 0 aromatic heterocycles. The van der Waals surface area contributed by atoms with Gasteiger partial charge < -0.3 is 10.6 Å². The molecule has 0 aromatic carbocycles. The maximum atomic E-state index is 5.50.